The topological polar surface area (TPSA) is 61.0 Å². The van der Waals surface area contributed by atoms with Crippen molar-refractivity contribution in [3.63, 3.8) is 0 Å². The number of ether oxygens (including phenoxy) is 1. The lowest BCUT2D eigenvalue weighted by molar-refractivity contribution is 0.148. The zero-order valence-electron chi connectivity index (χ0n) is 9.72. The molecular weight excluding hydrogens is 202 g/mol. The van der Waals surface area contributed by atoms with Gasteiger partial charge in [-0.05, 0) is 31.7 Å². The fraction of sp³-hybridized carbons (Fsp3) is 0.667. The van der Waals surface area contributed by atoms with Crippen molar-refractivity contribution in [3.05, 3.63) is 18.0 Å². The van der Waals surface area contributed by atoms with Crippen LogP contribution >= 0.6 is 0 Å². The van der Waals surface area contributed by atoms with Gasteiger partial charge in [0.1, 0.15) is 6.10 Å². The van der Waals surface area contributed by atoms with Crippen LogP contribution in [0.1, 0.15) is 37.7 Å². The van der Waals surface area contributed by atoms with E-state index < -0.39 is 0 Å². The molecule has 16 heavy (non-hydrogen) atoms. The van der Waals surface area contributed by atoms with Crippen LogP contribution < -0.4 is 10.5 Å². The molecule has 1 aliphatic carbocycles. The minimum absolute atomic E-state index is 0.0743. The molecule has 2 rings (SSSR count). The summed E-state index contributed by atoms with van der Waals surface area (Å²) < 4.78 is 5.76. The zero-order chi connectivity index (χ0) is 11.4. The normalized spacial score (nSPS) is 26.1. The average Bonchev–Trinajstić information content (AvgIpc) is 2.48. The largest absolute Gasteiger partial charge is 0.458 e. The summed E-state index contributed by atoms with van der Waals surface area (Å²) in [6.07, 6.45) is 9.30. The molecule has 1 fully saturated rings. The predicted molar refractivity (Wildman–Crippen MR) is 62.2 cm³/mol. The third-order valence-electron chi connectivity index (χ3n) is 3.02. The van der Waals surface area contributed by atoms with Crippen molar-refractivity contribution in [2.75, 3.05) is 0 Å². The van der Waals surface area contributed by atoms with E-state index in [9.17, 15) is 0 Å². The summed E-state index contributed by atoms with van der Waals surface area (Å²) in [7, 11) is 0. The Labute approximate surface area is 96.2 Å². The molecule has 1 aromatic rings. The van der Waals surface area contributed by atoms with E-state index in [0.29, 0.717) is 6.01 Å². The van der Waals surface area contributed by atoms with Crippen molar-refractivity contribution in [3.8, 4) is 6.01 Å². The van der Waals surface area contributed by atoms with Gasteiger partial charge in [0.25, 0.3) is 0 Å². The van der Waals surface area contributed by atoms with E-state index in [1.165, 1.54) is 19.3 Å². The number of aryl methyl sites for hydroxylation is 1. The summed E-state index contributed by atoms with van der Waals surface area (Å²) in [6.45, 7) is 1.96. The smallest absolute Gasteiger partial charge is 0.316 e. The van der Waals surface area contributed by atoms with E-state index in [0.717, 1.165) is 18.4 Å². The van der Waals surface area contributed by atoms with Gasteiger partial charge in [-0.25, -0.2) is 9.97 Å². The molecule has 2 unspecified atom stereocenters. The first-order valence-electron chi connectivity index (χ1n) is 5.96. The quantitative estimate of drug-likeness (QED) is 0.774. The first-order chi connectivity index (χ1) is 7.75. The second-order valence-electron chi connectivity index (χ2n) is 4.50. The van der Waals surface area contributed by atoms with Crippen LogP contribution in [0.4, 0.5) is 0 Å². The number of hydrogen-bond donors (Lipinski definition) is 1. The lowest BCUT2D eigenvalue weighted by Gasteiger charge is -2.21. The van der Waals surface area contributed by atoms with Gasteiger partial charge in [0, 0.05) is 18.4 Å². The van der Waals surface area contributed by atoms with E-state index in [1.54, 1.807) is 12.4 Å². The summed E-state index contributed by atoms with van der Waals surface area (Å²) in [5, 5.41) is 0. The van der Waals surface area contributed by atoms with E-state index in [2.05, 4.69) is 9.97 Å². The van der Waals surface area contributed by atoms with E-state index in [-0.39, 0.29) is 12.1 Å². The van der Waals surface area contributed by atoms with Gasteiger partial charge in [-0.3, -0.25) is 0 Å². The summed E-state index contributed by atoms with van der Waals surface area (Å²) >= 11 is 0. The molecule has 4 heteroatoms. The molecule has 1 aromatic heterocycles. The Hall–Kier alpha value is -1.16. The number of hydrogen-bond acceptors (Lipinski definition) is 4. The molecule has 2 atom stereocenters. The van der Waals surface area contributed by atoms with Crippen molar-refractivity contribution in [2.24, 2.45) is 5.73 Å². The third kappa shape index (κ3) is 2.92. The monoisotopic (exact) mass is 221 g/mol. The minimum Gasteiger partial charge on any atom is -0.458 e. The first kappa shape index (κ1) is 11.3. The Balaban J connectivity index is 1.99. The zero-order valence-corrected chi connectivity index (χ0v) is 9.72. The van der Waals surface area contributed by atoms with Crippen molar-refractivity contribution in [1.82, 2.24) is 9.97 Å². The summed E-state index contributed by atoms with van der Waals surface area (Å²) in [4.78, 5) is 8.30. The molecule has 0 saturated heterocycles. The highest BCUT2D eigenvalue weighted by atomic mass is 16.5. The van der Waals surface area contributed by atoms with Crippen LogP contribution in [-0.4, -0.2) is 22.1 Å². The fourth-order valence-electron chi connectivity index (χ4n) is 2.03. The lowest BCUT2D eigenvalue weighted by Crippen LogP contribution is -2.38. The summed E-state index contributed by atoms with van der Waals surface area (Å²) in [6, 6.07) is 0.570. The molecule has 0 amide bonds. The van der Waals surface area contributed by atoms with Crippen LogP contribution in [0.25, 0.3) is 0 Å². The molecule has 2 N–H and O–H groups in total. The molecule has 0 aromatic carbocycles. The van der Waals surface area contributed by atoms with Crippen molar-refractivity contribution >= 4 is 0 Å². The van der Waals surface area contributed by atoms with Crippen LogP contribution in [0.5, 0.6) is 6.01 Å². The molecule has 0 spiro atoms. The maximum atomic E-state index is 6.08. The second kappa shape index (κ2) is 5.25. The van der Waals surface area contributed by atoms with Crippen LogP contribution in [0, 0.1) is 6.92 Å². The lowest BCUT2D eigenvalue weighted by atomic mass is 10.1. The Morgan fingerprint density at radius 1 is 1.19 bits per heavy atom. The van der Waals surface area contributed by atoms with Crippen LogP contribution in [0.2, 0.25) is 0 Å². The summed E-state index contributed by atoms with van der Waals surface area (Å²) in [5.41, 5.74) is 7.12. The Morgan fingerprint density at radius 3 is 2.62 bits per heavy atom. The van der Waals surface area contributed by atoms with Crippen molar-refractivity contribution in [2.45, 2.75) is 51.2 Å². The number of nitrogens with zero attached hydrogens (tertiary/aromatic N) is 2. The molecule has 1 heterocycles. The van der Waals surface area contributed by atoms with Crippen molar-refractivity contribution in [1.29, 1.82) is 0 Å². The van der Waals surface area contributed by atoms with Gasteiger partial charge < -0.3 is 10.5 Å². The molecular formula is C12H19N3O. The van der Waals surface area contributed by atoms with E-state index in [4.69, 9.17) is 10.5 Å². The van der Waals surface area contributed by atoms with Crippen LogP contribution in [-0.2, 0) is 0 Å². The molecule has 0 bridgehead atoms. The second-order valence-corrected chi connectivity index (χ2v) is 4.50. The van der Waals surface area contributed by atoms with Gasteiger partial charge in [-0.2, -0.15) is 0 Å². The first-order valence-corrected chi connectivity index (χ1v) is 5.96. The maximum absolute atomic E-state index is 6.08. The Kier molecular flexibility index (Phi) is 3.72. The molecule has 1 aliphatic rings. The van der Waals surface area contributed by atoms with Gasteiger partial charge in [-0.1, -0.05) is 12.8 Å². The highest BCUT2D eigenvalue weighted by Gasteiger charge is 2.22. The molecule has 4 nitrogen and oxygen atoms in total. The number of rotatable bonds is 2. The molecule has 1 saturated carbocycles. The molecule has 0 aliphatic heterocycles. The molecule has 0 radical (unpaired) electrons. The van der Waals surface area contributed by atoms with Gasteiger partial charge in [0.2, 0.25) is 0 Å². The number of nitrogens with two attached hydrogens (primary N) is 1. The minimum atomic E-state index is 0.0743. The fourth-order valence-corrected chi connectivity index (χ4v) is 2.03. The Morgan fingerprint density at radius 2 is 1.88 bits per heavy atom. The van der Waals surface area contributed by atoms with Crippen LogP contribution in [0.3, 0.4) is 0 Å². The van der Waals surface area contributed by atoms with Gasteiger partial charge in [0.05, 0.1) is 0 Å². The number of aromatic nitrogens is 2. The SMILES string of the molecule is Cc1cnc(OC2CCCCCC2N)nc1. The van der Waals surface area contributed by atoms with Crippen molar-refractivity contribution < 1.29 is 4.74 Å². The van der Waals surface area contributed by atoms with Gasteiger partial charge in [0.15, 0.2) is 0 Å². The maximum Gasteiger partial charge on any atom is 0.316 e. The Bertz CT molecular complexity index is 326. The molecule has 88 valence electrons. The average molecular weight is 221 g/mol. The van der Waals surface area contributed by atoms with Gasteiger partial charge in [-0.15, -0.1) is 0 Å². The van der Waals surface area contributed by atoms with Crippen LogP contribution in [0.15, 0.2) is 12.4 Å². The standard InChI is InChI=1S/C12H19N3O/c1-9-7-14-12(15-8-9)16-11-6-4-2-3-5-10(11)13/h7-8,10-11H,2-6,13H2,1H3. The summed E-state index contributed by atoms with van der Waals surface area (Å²) in [5.74, 6) is 0. The van der Waals surface area contributed by atoms with Gasteiger partial charge >= 0.3 is 6.01 Å². The third-order valence-corrected chi connectivity index (χ3v) is 3.02. The highest BCUT2D eigenvalue weighted by Crippen LogP contribution is 2.20. The highest BCUT2D eigenvalue weighted by molar-refractivity contribution is 5.05. The predicted octanol–water partition coefficient (Wildman–Crippen LogP) is 1.82. The van der Waals surface area contributed by atoms with E-state index >= 15 is 0 Å². The van der Waals surface area contributed by atoms with E-state index in [1.807, 2.05) is 6.92 Å².